The van der Waals surface area contributed by atoms with Gasteiger partial charge in [-0.25, -0.2) is 0 Å². The highest BCUT2D eigenvalue weighted by molar-refractivity contribution is 9.10. The molecule has 0 N–H and O–H groups in total. The summed E-state index contributed by atoms with van der Waals surface area (Å²) in [4.78, 5) is 14.7. The van der Waals surface area contributed by atoms with Crippen molar-refractivity contribution in [2.45, 2.75) is 13.5 Å². The number of hydrogen-bond acceptors (Lipinski definition) is 4. The maximum atomic E-state index is 11.0. The lowest BCUT2D eigenvalue weighted by Crippen LogP contribution is -2.01. The molecule has 1 aromatic heterocycles. The van der Waals surface area contributed by atoms with Crippen LogP contribution in [0.4, 0.5) is 5.69 Å². The number of nitro groups is 1. The third kappa shape index (κ3) is 3.29. The van der Waals surface area contributed by atoms with Crippen LogP contribution in [0.1, 0.15) is 11.3 Å². The van der Waals surface area contributed by atoms with Gasteiger partial charge in [-0.05, 0) is 41.1 Å². The number of rotatable bonds is 4. The Bertz CT molecular complexity index is 599. The Morgan fingerprint density at radius 1 is 1.37 bits per heavy atom. The van der Waals surface area contributed by atoms with Gasteiger partial charge in [0.1, 0.15) is 6.61 Å². The third-order valence-electron chi connectivity index (χ3n) is 2.55. The Labute approximate surface area is 118 Å². The van der Waals surface area contributed by atoms with E-state index >= 15 is 0 Å². The highest BCUT2D eigenvalue weighted by Gasteiger charge is 2.18. The molecule has 0 aliphatic carbocycles. The fourth-order valence-electron chi connectivity index (χ4n) is 1.63. The molecule has 0 aliphatic heterocycles. The standard InChI is InChI=1S/C13H11BrN2O3/c1-9-3-2-4-12(13(9)16(17)18)19-8-11-6-5-10(14)7-15-11/h2-7H,8H2,1H3. The summed E-state index contributed by atoms with van der Waals surface area (Å²) in [6.45, 7) is 1.88. The van der Waals surface area contributed by atoms with E-state index in [0.717, 1.165) is 4.47 Å². The Morgan fingerprint density at radius 3 is 2.79 bits per heavy atom. The summed E-state index contributed by atoms with van der Waals surface area (Å²) in [6, 6.07) is 8.64. The van der Waals surface area contributed by atoms with Crippen LogP contribution in [-0.4, -0.2) is 9.91 Å². The molecule has 0 amide bonds. The average molecular weight is 323 g/mol. The Hall–Kier alpha value is -1.95. The van der Waals surface area contributed by atoms with Crippen molar-refractivity contribution in [1.82, 2.24) is 4.98 Å². The second-order valence-electron chi connectivity index (χ2n) is 3.94. The molecule has 0 unspecified atom stereocenters. The fraction of sp³-hybridized carbons (Fsp3) is 0.154. The van der Waals surface area contributed by atoms with E-state index in [1.807, 2.05) is 6.07 Å². The molecule has 0 bridgehead atoms. The van der Waals surface area contributed by atoms with Crippen molar-refractivity contribution < 1.29 is 9.66 Å². The van der Waals surface area contributed by atoms with Crippen LogP contribution >= 0.6 is 15.9 Å². The summed E-state index contributed by atoms with van der Waals surface area (Å²) in [5.41, 5.74) is 1.28. The Morgan fingerprint density at radius 2 is 2.16 bits per heavy atom. The van der Waals surface area contributed by atoms with Gasteiger partial charge < -0.3 is 4.74 Å². The summed E-state index contributed by atoms with van der Waals surface area (Å²) in [5, 5.41) is 11.0. The molecule has 0 saturated carbocycles. The lowest BCUT2D eigenvalue weighted by molar-refractivity contribution is -0.386. The first kappa shape index (κ1) is 13.5. The van der Waals surface area contributed by atoms with Crippen molar-refractivity contribution in [2.75, 3.05) is 0 Å². The molecule has 1 heterocycles. The maximum Gasteiger partial charge on any atom is 0.313 e. The summed E-state index contributed by atoms with van der Waals surface area (Å²) in [5.74, 6) is 0.259. The minimum atomic E-state index is -0.431. The van der Waals surface area contributed by atoms with Crippen LogP contribution in [0.25, 0.3) is 0 Å². The van der Waals surface area contributed by atoms with Gasteiger partial charge in [0.2, 0.25) is 0 Å². The molecule has 0 fully saturated rings. The van der Waals surface area contributed by atoms with Gasteiger partial charge in [-0.3, -0.25) is 15.1 Å². The molecule has 0 atom stereocenters. The highest BCUT2D eigenvalue weighted by Crippen LogP contribution is 2.30. The zero-order chi connectivity index (χ0) is 13.8. The van der Waals surface area contributed by atoms with Crippen LogP contribution in [0.3, 0.4) is 0 Å². The molecule has 0 aliphatic rings. The van der Waals surface area contributed by atoms with E-state index in [4.69, 9.17) is 4.74 Å². The van der Waals surface area contributed by atoms with Gasteiger partial charge in [0.05, 0.1) is 10.6 Å². The van der Waals surface area contributed by atoms with Crippen LogP contribution in [0.5, 0.6) is 5.75 Å². The molecule has 98 valence electrons. The quantitative estimate of drug-likeness (QED) is 0.636. The molecule has 5 nitrogen and oxygen atoms in total. The molecule has 1 aromatic carbocycles. The number of aromatic nitrogens is 1. The van der Waals surface area contributed by atoms with Crippen molar-refractivity contribution >= 4 is 21.6 Å². The topological polar surface area (TPSA) is 65.3 Å². The van der Waals surface area contributed by atoms with Crippen LogP contribution in [0.2, 0.25) is 0 Å². The molecule has 6 heteroatoms. The fourth-order valence-corrected chi connectivity index (χ4v) is 1.86. The van der Waals surface area contributed by atoms with Crippen molar-refractivity contribution in [2.24, 2.45) is 0 Å². The van der Waals surface area contributed by atoms with E-state index in [-0.39, 0.29) is 18.0 Å². The molecule has 0 radical (unpaired) electrons. The SMILES string of the molecule is Cc1cccc(OCc2ccc(Br)cn2)c1[N+](=O)[O-]. The largest absolute Gasteiger partial charge is 0.480 e. The molecule has 0 saturated heterocycles. The van der Waals surface area contributed by atoms with Crippen LogP contribution in [0.15, 0.2) is 41.0 Å². The van der Waals surface area contributed by atoms with Gasteiger partial charge in [-0.2, -0.15) is 0 Å². The van der Waals surface area contributed by atoms with Crippen LogP contribution in [0, 0.1) is 17.0 Å². The molecule has 2 aromatic rings. The molecule has 2 rings (SSSR count). The van der Waals surface area contributed by atoms with Gasteiger partial charge in [-0.15, -0.1) is 0 Å². The summed E-state index contributed by atoms with van der Waals surface area (Å²) in [6.07, 6.45) is 1.66. The summed E-state index contributed by atoms with van der Waals surface area (Å²) < 4.78 is 6.36. The van der Waals surface area contributed by atoms with E-state index in [0.29, 0.717) is 11.3 Å². The number of pyridine rings is 1. The number of nitro benzene ring substituents is 1. The van der Waals surface area contributed by atoms with Crippen molar-refractivity contribution in [3.63, 3.8) is 0 Å². The van der Waals surface area contributed by atoms with Gasteiger partial charge in [0, 0.05) is 16.2 Å². The first-order valence-electron chi connectivity index (χ1n) is 5.55. The number of ether oxygens (including phenoxy) is 1. The monoisotopic (exact) mass is 322 g/mol. The van der Waals surface area contributed by atoms with Gasteiger partial charge in [0.15, 0.2) is 5.75 Å². The third-order valence-corrected chi connectivity index (χ3v) is 3.02. The Balaban J connectivity index is 2.18. The predicted molar refractivity (Wildman–Crippen MR) is 74.1 cm³/mol. The molecule has 0 spiro atoms. The zero-order valence-electron chi connectivity index (χ0n) is 10.2. The van der Waals surface area contributed by atoms with Crippen molar-refractivity contribution in [1.29, 1.82) is 0 Å². The van der Waals surface area contributed by atoms with E-state index < -0.39 is 4.92 Å². The van der Waals surface area contributed by atoms with E-state index in [1.165, 1.54) is 0 Å². The van der Waals surface area contributed by atoms with Crippen LogP contribution in [-0.2, 0) is 6.61 Å². The van der Waals surface area contributed by atoms with E-state index in [9.17, 15) is 10.1 Å². The minimum Gasteiger partial charge on any atom is -0.480 e. The van der Waals surface area contributed by atoms with Gasteiger partial charge in [0.25, 0.3) is 0 Å². The average Bonchev–Trinajstić information content (AvgIpc) is 2.37. The Kier molecular flexibility index (Phi) is 4.11. The number of halogens is 1. The summed E-state index contributed by atoms with van der Waals surface area (Å²) in [7, 11) is 0. The molecular formula is C13H11BrN2O3. The van der Waals surface area contributed by atoms with Gasteiger partial charge in [-0.1, -0.05) is 12.1 Å². The number of nitrogens with zero attached hydrogens (tertiary/aromatic N) is 2. The van der Waals surface area contributed by atoms with Gasteiger partial charge >= 0.3 is 5.69 Å². The summed E-state index contributed by atoms with van der Waals surface area (Å²) >= 11 is 3.29. The number of aryl methyl sites for hydroxylation is 1. The first-order valence-corrected chi connectivity index (χ1v) is 6.34. The van der Waals surface area contributed by atoms with Crippen molar-refractivity contribution in [3.05, 3.63) is 62.4 Å². The number of hydrogen-bond donors (Lipinski definition) is 0. The lowest BCUT2D eigenvalue weighted by atomic mass is 10.2. The molecule has 19 heavy (non-hydrogen) atoms. The minimum absolute atomic E-state index is 0.000360. The normalized spacial score (nSPS) is 10.2. The highest BCUT2D eigenvalue weighted by atomic mass is 79.9. The second-order valence-corrected chi connectivity index (χ2v) is 4.85. The smallest absolute Gasteiger partial charge is 0.313 e. The van der Waals surface area contributed by atoms with Crippen LogP contribution < -0.4 is 4.74 Å². The maximum absolute atomic E-state index is 11.0. The first-order chi connectivity index (χ1) is 9.08. The van der Waals surface area contributed by atoms with E-state index in [1.54, 1.807) is 37.4 Å². The number of benzene rings is 1. The lowest BCUT2D eigenvalue weighted by Gasteiger charge is -2.07. The second kappa shape index (κ2) is 5.79. The van der Waals surface area contributed by atoms with Crippen molar-refractivity contribution in [3.8, 4) is 5.75 Å². The van der Waals surface area contributed by atoms with E-state index in [2.05, 4.69) is 20.9 Å². The predicted octanol–water partition coefficient (Wildman–Crippen LogP) is 3.64. The zero-order valence-corrected chi connectivity index (χ0v) is 11.8. The number of para-hydroxylation sites is 1. The molecular weight excluding hydrogens is 312 g/mol.